The SMILES string of the molecule is C#[N+]CC=C.CC(C)(C)OC(=O)C[C@H]1CN(S(=O)(=O)CC[Si](C)(C)C)CCCCCCC[C@@H](C=O)CC(=O)[C@@H]2[C@@H]3[C@H](CN2C1=O)C3(C)C. The molecule has 0 N–H and O–H groups in total. The summed E-state index contributed by atoms with van der Waals surface area (Å²) in [6, 6.07) is -0.0591. The number of carbonyl (C=O) groups excluding carboxylic acids is 4. The molecule has 272 valence electrons. The number of hydrogen-bond acceptors (Lipinski definition) is 7. The second-order valence-electron chi connectivity index (χ2n) is 16.6. The summed E-state index contributed by atoms with van der Waals surface area (Å²) in [6.07, 6.45) is 7.11. The third kappa shape index (κ3) is 12.5. The van der Waals surface area contributed by atoms with E-state index < -0.39 is 41.6 Å². The van der Waals surface area contributed by atoms with Crippen molar-refractivity contribution in [2.75, 3.05) is 31.9 Å². The smallest absolute Gasteiger partial charge is 0.307 e. The largest absolute Gasteiger partial charge is 0.460 e. The highest BCUT2D eigenvalue weighted by Crippen LogP contribution is 2.65. The van der Waals surface area contributed by atoms with Gasteiger partial charge in [-0.2, -0.15) is 0 Å². The van der Waals surface area contributed by atoms with Crippen LogP contribution in [0, 0.1) is 35.7 Å². The van der Waals surface area contributed by atoms with Crippen LogP contribution in [0.3, 0.4) is 0 Å². The third-order valence-corrected chi connectivity index (χ3v) is 13.8. The highest BCUT2D eigenvalue weighted by Gasteiger charge is 2.69. The predicted octanol–water partition coefficient (Wildman–Crippen LogP) is 6.05. The Morgan fingerprint density at radius 2 is 1.73 bits per heavy atom. The molecule has 0 aromatic heterocycles. The van der Waals surface area contributed by atoms with Crippen LogP contribution in [0.4, 0.5) is 0 Å². The van der Waals surface area contributed by atoms with Gasteiger partial charge in [0.25, 0.3) is 13.1 Å². The number of piperidine rings is 1. The van der Waals surface area contributed by atoms with Gasteiger partial charge in [0.15, 0.2) is 5.78 Å². The Morgan fingerprint density at radius 1 is 1.10 bits per heavy atom. The average Bonchev–Trinajstić information content (AvgIpc) is 3.27. The lowest BCUT2D eigenvalue weighted by Gasteiger charge is -2.35. The summed E-state index contributed by atoms with van der Waals surface area (Å²) in [4.78, 5) is 58.0. The van der Waals surface area contributed by atoms with Crippen molar-refractivity contribution in [1.82, 2.24) is 9.21 Å². The maximum atomic E-state index is 14.4. The number of rotatable bonds is 8. The second kappa shape index (κ2) is 17.5. The first-order valence-corrected chi connectivity index (χ1v) is 23.0. The number of ketones is 1. The van der Waals surface area contributed by atoms with Crippen molar-refractivity contribution in [3.05, 3.63) is 17.5 Å². The van der Waals surface area contributed by atoms with Gasteiger partial charge in [0.05, 0.1) is 24.1 Å². The summed E-state index contributed by atoms with van der Waals surface area (Å²) in [6.45, 7) is 25.1. The van der Waals surface area contributed by atoms with Crippen molar-refractivity contribution in [3.8, 4) is 6.57 Å². The van der Waals surface area contributed by atoms with Gasteiger partial charge in [-0.1, -0.05) is 70.6 Å². The van der Waals surface area contributed by atoms with Crippen LogP contribution in [0.5, 0.6) is 0 Å². The zero-order valence-electron chi connectivity index (χ0n) is 30.8. The quantitative estimate of drug-likeness (QED) is 0.130. The van der Waals surface area contributed by atoms with E-state index in [1.54, 1.807) is 31.7 Å². The number of sulfonamides is 1. The summed E-state index contributed by atoms with van der Waals surface area (Å²) >= 11 is 0. The number of carbonyl (C=O) groups is 4. The molecule has 1 saturated carbocycles. The molecule has 0 aromatic rings. The van der Waals surface area contributed by atoms with Gasteiger partial charge < -0.3 is 14.4 Å². The topological polar surface area (TPSA) is 122 Å². The van der Waals surface area contributed by atoms with E-state index in [0.717, 1.165) is 32.0 Å². The lowest BCUT2D eigenvalue weighted by atomic mass is 9.89. The molecule has 0 bridgehead atoms. The Labute approximate surface area is 291 Å². The Morgan fingerprint density at radius 3 is 2.27 bits per heavy atom. The molecule has 2 aliphatic heterocycles. The number of amides is 1. The fourth-order valence-electron chi connectivity index (χ4n) is 6.98. The zero-order valence-corrected chi connectivity index (χ0v) is 32.6. The molecule has 1 amide bonds. The van der Waals surface area contributed by atoms with Gasteiger partial charge in [0, 0.05) is 40.0 Å². The lowest BCUT2D eigenvalue weighted by Crippen LogP contribution is -2.51. The zero-order chi connectivity index (χ0) is 36.5. The molecule has 2 heterocycles. The van der Waals surface area contributed by atoms with Crippen molar-refractivity contribution in [2.24, 2.45) is 29.1 Å². The fraction of sp³-hybridized carbons (Fsp3) is 0.806. The van der Waals surface area contributed by atoms with E-state index in [1.165, 1.54) is 4.31 Å². The minimum atomic E-state index is -3.69. The molecule has 3 rings (SSSR count). The van der Waals surface area contributed by atoms with E-state index in [1.807, 2.05) is 0 Å². The number of ether oxygens (including phenoxy) is 1. The van der Waals surface area contributed by atoms with Crippen molar-refractivity contribution in [1.29, 1.82) is 0 Å². The molecule has 5 atom stereocenters. The van der Waals surface area contributed by atoms with Gasteiger partial charge in [-0.25, -0.2) is 12.7 Å². The maximum Gasteiger partial charge on any atom is 0.307 e. The van der Waals surface area contributed by atoms with Gasteiger partial charge in [-0.05, 0) is 63.0 Å². The Balaban J connectivity index is 0.00000149. The normalized spacial score (nSPS) is 27.4. The molecule has 12 heteroatoms. The Hall–Kier alpha value is -2.36. The summed E-state index contributed by atoms with van der Waals surface area (Å²) in [7, 11) is -5.35. The van der Waals surface area contributed by atoms with Gasteiger partial charge in [0.1, 0.15) is 11.9 Å². The second-order valence-corrected chi connectivity index (χ2v) is 24.3. The van der Waals surface area contributed by atoms with Crippen molar-refractivity contribution < 1.29 is 32.3 Å². The van der Waals surface area contributed by atoms with Crippen LogP contribution in [0.1, 0.15) is 86.0 Å². The van der Waals surface area contributed by atoms with Crippen LogP contribution in [-0.4, -0.2) is 93.2 Å². The number of fused-ring (bicyclic) bond motifs is 3. The van der Waals surface area contributed by atoms with Crippen LogP contribution in [0.2, 0.25) is 25.7 Å². The van der Waals surface area contributed by atoms with Crippen LogP contribution < -0.4 is 0 Å². The van der Waals surface area contributed by atoms with E-state index >= 15 is 0 Å². The average molecular weight is 709 g/mol. The first-order valence-electron chi connectivity index (χ1n) is 17.6. The van der Waals surface area contributed by atoms with E-state index in [2.05, 4.69) is 44.9 Å². The predicted molar refractivity (Wildman–Crippen MR) is 194 cm³/mol. The van der Waals surface area contributed by atoms with Crippen LogP contribution in [-0.2, 0) is 33.9 Å². The first-order chi connectivity index (χ1) is 22.2. The number of aldehydes is 1. The minimum Gasteiger partial charge on any atom is -0.460 e. The molecular weight excluding hydrogens is 647 g/mol. The molecule has 1 aliphatic carbocycles. The molecule has 2 saturated heterocycles. The first kappa shape index (κ1) is 41.8. The van der Waals surface area contributed by atoms with E-state index in [4.69, 9.17) is 11.3 Å². The molecular formula is C36H62N3O7SSi+. The Kier molecular flexibility index (Phi) is 15.3. The number of esters is 1. The monoisotopic (exact) mass is 708 g/mol. The minimum absolute atomic E-state index is 0.00566. The molecule has 3 fully saturated rings. The maximum absolute atomic E-state index is 14.4. The van der Waals surface area contributed by atoms with Crippen LogP contribution >= 0.6 is 0 Å². The third-order valence-electron chi connectivity index (χ3n) is 9.80. The van der Waals surface area contributed by atoms with Crippen molar-refractivity contribution in [3.63, 3.8) is 0 Å². The lowest BCUT2D eigenvalue weighted by molar-refractivity contribution is -0.159. The standard InChI is InChI=1S/C32H56N2O7SSi.C4H6N/c1-31(2,3)41-27(37)19-24-20-33(42(39,40)16-17-43(6,7)8)15-13-11-9-10-12-14-23(22-35)18-26(36)29-28-25(32(28,4)5)21-34(29)30(24)38;1-3-4-5-2/h22-25,28-29H,9-21H2,1-8H3;2-3H,1,4H2/q;+1/t23-,24+,25+,28+,29-;/m1./s1. The highest BCUT2D eigenvalue weighted by molar-refractivity contribution is 7.89. The van der Waals surface area contributed by atoms with Gasteiger partial charge in [-0.3, -0.25) is 14.4 Å². The molecule has 0 aromatic carbocycles. The number of Topliss-reactive ketones (excluding diaryl/α,β-unsaturated/α-hetero) is 1. The van der Waals surface area contributed by atoms with Crippen LogP contribution in [0.25, 0.3) is 4.85 Å². The van der Waals surface area contributed by atoms with Gasteiger partial charge >= 0.3 is 5.97 Å². The van der Waals surface area contributed by atoms with Crippen molar-refractivity contribution >= 4 is 42.0 Å². The number of hydrogen-bond donors (Lipinski definition) is 0. The summed E-state index contributed by atoms with van der Waals surface area (Å²) < 4.78 is 34.5. The fourth-order valence-corrected chi connectivity index (χ4v) is 11.5. The molecule has 0 spiro atoms. The van der Waals surface area contributed by atoms with Crippen LogP contribution in [0.15, 0.2) is 12.7 Å². The molecule has 0 unspecified atom stereocenters. The summed E-state index contributed by atoms with van der Waals surface area (Å²) in [5.74, 6) is -2.21. The molecule has 48 heavy (non-hydrogen) atoms. The molecule has 3 aliphatic rings. The molecule has 10 nitrogen and oxygen atoms in total. The number of nitrogens with zero attached hydrogens (tertiary/aromatic N) is 3. The van der Waals surface area contributed by atoms with Gasteiger partial charge in [0.2, 0.25) is 15.9 Å². The summed E-state index contributed by atoms with van der Waals surface area (Å²) in [5, 5.41) is 0. The Bertz CT molecular complexity index is 1300. The van der Waals surface area contributed by atoms with Gasteiger partial charge in [-0.15, -0.1) is 0 Å². The molecule has 0 radical (unpaired) electrons. The van der Waals surface area contributed by atoms with E-state index in [-0.39, 0.29) is 66.5 Å². The van der Waals surface area contributed by atoms with E-state index in [9.17, 15) is 27.6 Å². The highest BCUT2D eigenvalue weighted by atomic mass is 32.2. The van der Waals surface area contributed by atoms with E-state index in [0.29, 0.717) is 32.0 Å². The summed E-state index contributed by atoms with van der Waals surface area (Å²) in [5.41, 5.74) is -0.856. The van der Waals surface area contributed by atoms with Crippen molar-refractivity contribution in [2.45, 2.75) is 123 Å².